The number of hydrogen-bond acceptors (Lipinski definition) is 6. The Labute approximate surface area is 241 Å². The van der Waals surface area contributed by atoms with Crippen LogP contribution in [0.2, 0.25) is 0 Å². The van der Waals surface area contributed by atoms with Gasteiger partial charge in [-0.05, 0) is 47.2 Å². The molecule has 214 valence electrons. The zero-order valence-corrected chi connectivity index (χ0v) is 23.7. The molecule has 0 fully saturated rings. The first-order chi connectivity index (χ1) is 20.0. The molecule has 4 rings (SSSR count). The van der Waals surface area contributed by atoms with Gasteiger partial charge < -0.3 is 19.7 Å². The number of methoxy groups -OCH3 is 1. The third kappa shape index (κ3) is 8.20. The van der Waals surface area contributed by atoms with E-state index in [2.05, 4.69) is 10.6 Å². The van der Waals surface area contributed by atoms with E-state index in [1.807, 2.05) is 90.8 Å². The first-order valence-corrected chi connectivity index (χ1v) is 13.9. The fourth-order valence-electron chi connectivity index (χ4n) is 4.87. The molecule has 1 aliphatic rings. The molecule has 2 N–H and O–H groups in total. The molecule has 3 aromatic carbocycles. The molecule has 0 saturated heterocycles. The normalized spacial score (nSPS) is 12.4. The molecule has 0 aromatic heterocycles. The van der Waals surface area contributed by atoms with Gasteiger partial charge in [-0.25, -0.2) is 4.79 Å². The lowest BCUT2D eigenvalue weighted by Gasteiger charge is -2.32. The lowest BCUT2D eigenvalue weighted by molar-refractivity contribution is -0.129. The number of unbranched alkanes of at least 4 members (excludes halogenated alkanes) is 2. The second kappa shape index (κ2) is 14.7. The minimum Gasteiger partial charge on any atom is -0.497 e. The molecule has 1 aliphatic heterocycles. The van der Waals surface area contributed by atoms with Crippen molar-refractivity contribution in [2.75, 3.05) is 27.3 Å². The zero-order chi connectivity index (χ0) is 29.0. The molecule has 1 heterocycles. The SMILES string of the molecule is COc1ccc2c(c1)C(c1ccccc1)=C(C(=O)NC(=O)CCCCCNC(=O)OCCc1ccccc1)N(C)C2. The quantitative estimate of drug-likeness (QED) is 0.303. The van der Waals surface area contributed by atoms with Gasteiger partial charge in [0.1, 0.15) is 11.4 Å². The molecule has 0 saturated carbocycles. The van der Waals surface area contributed by atoms with E-state index < -0.39 is 12.0 Å². The lowest BCUT2D eigenvalue weighted by atomic mass is 9.88. The van der Waals surface area contributed by atoms with Crippen molar-refractivity contribution >= 4 is 23.5 Å². The van der Waals surface area contributed by atoms with Crippen LogP contribution < -0.4 is 15.4 Å². The van der Waals surface area contributed by atoms with Crippen molar-refractivity contribution in [3.63, 3.8) is 0 Å². The van der Waals surface area contributed by atoms with Crippen molar-refractivity contribution in [1.29, 1.82) is 0 Å². The van der Waals surface area contributed by atoms with Crippen LogP contribution in [0.25, 0.3) is 5.57 Å². The Balaban J connectivity index is 1.26. The second-order valence-electron chi connectivity index (χ2n) is 9.96. The molecule has 0 aliphatic carbocycles. The van der Waals surface area contributed by atoms with Crippen molar-refractivity contribution in [2.24, 2.45) is 0 Å². The number of carbonyl (C=O) groups is 3. The summed E-state index contributed by atoms with van der Waals surface area (Å²) in [5, 5.41) is 5.32. The highest BCUT2D eigenvalue weighted by molar-refractivity contribution is 6.10. The Morgan fingerprint density at radius 3 is 2.37 bits per heavy atom. The number of ether oxygens (including phenoxy) is 2. The smallest absolute Gasteiger partial charge is 0.407 e. The number of hydrogen-bond donors (Lipinski definition) is 2. The number of fused-ring (bicyclic) bond motifs is 1. The summed E-state index contributed by atoms with van der Waals surface area (Å²) in [6.07, 6.45) is 2.49. The largest absolute Gasteiger partial charge is 0.497 e. The summed E-state index contributed by atoms with van der Waals surface area (Å²) >= 11 is 0. The summed E-state index contributed by atoms with van der Waals surface area (Å²) in [5.41, 5.74) is 5.20. The third-order valence-corrected chi connectivity index (χ3v) is 6.96. The molecule has 8 heteroatoms. The minimum atomic E-state index is -0.442. The zero-order valence-electron chi connectivity index (χ0n) is 23.7. The van der Waals surface area contributed by atoms with Gasteiger partial charge in [-0.3, -0.25) is 14.9 Å². The van der Waals surface area contributed by atoms with E-state index in [1.165, 1.54) is 0 Å². The number of nitrogens with zero attached hydrogens (tertiary/aromatic N) is 1. The summed E-state index contributed by atoms with van der Waals surface area (Å²) in [7, 11) is 3.47. The van der Waals surface area contributed by atoms with Crippen LogP contribution in [0.15, 0.2) is 84.6 Å². The van der Waals surface area contributed by atoms with Gasteiger partial charge in [0.15, 0.2) is 0 Å². The molecule has 8 nitrogen and oxygen atoms in total. The van der Waals surface area contributed by atoms with E-state index in [0.717, 1.165) is 34.2 Å². The summed E-state index contributed by atoms with van der Waals surface area (Å²) < 4.78 is 10.7. The van der Waals surface area contributed by atoms with Gasteiger partial charge in [0.05, 0.1) is 13.7 Å². The number of rotatable bonds is 12. The first-order valence-electron chi connectivity index (χ1n) is 13.9. The molecule has 0 bridgehead atoms. The van der Waals surface area contributed by atoms with Gasteiger partial charge in [-0.15, -0.1) is 0 Å². The fraction of sp³-hybridized carbons (Fsp3) is 0.303. The Hall–Kier alpha value is -4.59. The van der Waals surface area contributed by atoms with Gasteiger partial charge in [0, 0.05) is 38.6 Å². The van der Waals surface area contributed by atoms with Crippen LogP contribution in [0.3, 0.4) is 0 Å². The van der Waals surface area contributed by atoms with Crippen molar-refractivity contribution in [2.45, 2.75) is 38.6 Å². The maximum atomic E-state index is 13.4. The van der Waals surface area contributed by atoms with Crippen LogP contribution >= 0.6 is 0 Å². The first kappa shape index (κ1) is 29.4. The molecule has 3 amide bonds. The molecule has 41 heavy (non-hydrogen) atoms. The Bertz CT molecular complexity index is 1370. The lowest BCUT2D eigenvalue weighted by Crippen LogP contribution is -2.39. The average molecular weight is 556 g/mol. The van der Waals surface area contributed by atoms with E-state index >= 15 is 0 Å². The Morgan fingerprint density at radius 1 is 0.902 bits per heavy atom. The van der Waals surface area contributed by atoms with E-state index in [0.29, 0.717) is 50.4 Å². The Morgan fingerprint density at radius 2 is 1.63 bits per heavy atom. The van der Waals surface area contributed by atoms with E-state index in [9.17, 15) is 14.4 Å². The molecule has 3 aromatic rings. The summed E-state index contributed by atoms with van der Waals surface area (Å²) in [5.74, 6) is -0.0507. The van der Waals surface area contributed by atoms with Gasteiger partial charge in [-0.2, -0.15) is 0 Å². The highest BCUT2D eigenvalue weighted by Crippen LogP contribution is 2.37. The number of benzene rings is 3. The van der Waals surface area contributed by atoms with Gasteiger partial charge in [0.2, 0.25) is 5.91 Å². The fourth-order valence-corrected chi connectivity index (χ4v) is 4.87. The molecular formula is C33H37N3O5. The number of carbonyl (C=O) groups excluding carboxylic acids is 3. The summed E-state index contributed by atoms with van der Waals surface area (Å²) in [4.78, 5) is 39.9. The number of nitrogens with one attached hydrogen (secondary N) is 2. The van der Waals surface area contributed by atoms with Crippen LogP contribution in [0.1, 0.15) is 47.9 Å². The second-order valence-corrected chi connectivity index (χ2v) is 9.96. The van der Waals surface area contributed by atoms with E-state index in [4.69, 9.17) is 9.47 Å². The van der Waals surface area contributed by atoms with Crippen LogP contribution in [-0.4, -0.2) is 50.1 Å². The molecule has 0 unspecified atom stereocenters. The number of imide groups is 1. The number of alkyl carbamates (subject to hydrolysis) is 1. The standard InChI is InChI=1S/C33H37N3O5/c1-36-23-26-17-18-27(40-2)22-28(26)30(25-14-8-4-9-15-25)31(36)32(38)35-29(37)16-10-5-11-20-34-33(39)41-21-19-24-12-6-3-7-13-24/h3-4,6-9,12-15,17-18,22H,5,10-11,16,19-21,23H2,1-2H3,(H,34,39)(H,35,37,38). The maximum absolute atomic E-state index is 13.4. The topological polar surface area (TPSA) is 97.0 Å². The van der Waals surface area contributed by atoms with Crippen LogP contribution in [0.4, 0.5) is 4.79 Å². The van der Waals surface area contributed by atoms with Crippen molar-refractivity contribution < 1.29 is 23.9 Å². The van der Waals surface area contributed by atoms with E-state index in [-0.39, 0.29) is 12.3 Å². The molecule has 0 spiro atoms. The molecule has 0 radical (unpaired) electrons. The van der Waals surface area contributed by atoms with Crippen LogP contribution in [0.5, 0.6) is 5.75 Å². The predicted octanol–water partition coefficient (Wildman–Crippen LogP) is 5.07. The monoisotopic (exact) mass is 555 g/mol. The number of likely N-dealkylation sites (N-methyl/N-ethyl adjacent to an activating group) is 1. The van der Waals surface area contributed by atoms with Gasteiger partial charge in [-0.1, -0.05) is 73.2 Å². The summed E-state index contributed by atoms with van der Waals surface area (Å²) in [6, 6.07) is 25.4. The molecule has 0 atom stereocenters. The average Bonchev–Trinajstić information content (AvgIpc) is 2.98. The highest BCUT2D eigenvalue weighted by atomic mass is 16.5. The van der Waals surface area contributed by atoms with Gasteiger partial charge in [0.25, 0.3) is 5.91 Å². The van der Waals surface area contributed by atoms with Crippen molar-refractivity contribution in [3.8, 4) is 5.75 Å². The van der Waals surface area contributed by atoms with Gasteiger partial charge >= 0.3 is 6.09 Å². The summed E-state index contributed by atoms with van der Waals surface area (Å²) in [6.45, 7) is 1.32. The third-order valence-electron chi connectivity index (χ3n) is 6.96. The maximum Gasteiger partial charge on any atom is 0.407 e. The van der Waals surface area contributed by atoms with Crippen LogP contribution in [0, 0.1) is 0 Å². The Kier molecular flexibility index (Phi) is 10.5. The predicted molar refractivity (Wildman–Crippen MR) is 158 cm³/mol. The van der Waals surface area contributed by atoms with Crippen LogP contribution in [-0.2, 0) is 27.3 Å². The van der Waals surface area contributed by atoms with E-state index in [1.54, 1.807) is 7.11 Å². The number of amides is 3. The van der Waals surface area contributed by atoms with Crippen molar-refractivity contribution in [3.05, 3.63) is 107 Å². The highest BCUT2D eigenvalue weighted by Gasteiger charge is 2.29. The minimum absolute atomic E-state index is 0.218. The van der Waals surface area contributed by atoms with Crippen molar-refractivity contribution in [1.82, 2.24) is 15.5 Å². The molecular weight excluding hydrogens is 518 g/mol.